The van der Waals surface area contributed by atoms with Crippen LogP contribution >= 0.6 is 0 Å². The molecule has 0 spiro atoms. The highest BCUT2D eigenvalue weighted by molar-refractivity contribution is 5.87. The lowest BCUT2D eigenvalue weighted by Crippen LogP contribution is -2.06. The average molecular weight is 246 g/mol. The summed E-state index contributed by atoms with van der Waals surface area (Å²) >= 11 is 0. The molecule has 0 radical (unpaired) electrons. The van der Waals surface area contributed by atoms with Gasteiger partial charge in [-0.15, -0.1) is 0 Å². The van der Waals surface area contributed by atoms with Gasteiger partial charge in [-0.05, 0) is 26.0 Å². The number of carbonyl (C=O) groups is 1. The second kappa shape index (κ2) is 4.52. The van der Waals surface area contributed by atoms with Crippen molar-refractivity contribution in [2.75, 3.05) is 0 Å². The normalized spacial score (nSPS) is 10.4. The first-order chi connectivity index (χ1) is 8.49. The number of aryl methyl sites for hydroxylation is 2. The summed E-state index contributed by atoms with van der Waals surface area (Å²) < 4.78 is 14.0. The molecule has 18 heavy (non-hydrogen) atoms. The van der Waals surface area contributed by atoms with Crippen LogP contribution in [0.15, 0.2) is 24.5 Å². The standard InChI is InChI=1S/C13H11FN2O2/c1-7-3-8(2)5-9(4-7)11-10(14)12(13(17)18)16-6-15-11/h3-6H,1-2H3,(H,17,18). The number of benzene rings is 1. The van der Waals surface area contributed by atoms with E-state index in [0.717, 1.165) is 17.5 Å². The Morgan fingerprint density at radius 3 is 2.33 bits per heavy atom. The van der Waals surface area contributed by atoms with E-state index in [1.54, 1.807) is 12.1 Å². The summed E-state index contributed by atoms with van der Waals surface area (Å²) in [4.78, 5) is 18.1. The smallest absolute Gasteiger partial charge is 0.357 e. The molecule has 92 valence electrons. The Bertz CT molecular complexity index is 606. The summed E-state index contributed by atoms with van der Waals surface area (Å²) in [6.45, 7) is 3.77. The van der Waals surface area contributed by atoms with Gasteiger partial charge >= 0.3 is 5.97 Å². The quantitative estimate of drug-likeness (QED) is 0.884. The fourth-order valence-corrected chi connectivity index (χ4v) is 1.83. The Hall–Kier alpha value is -2.30. The van der Waals surface area contributed by atoms with Crippen LogP contribution in [0.2, 0.25) is 0 Å². The first kappa shape index (κ1) is 12.2. The third-order valence-electron chi connectivity index (χ3n) is 2.49. The molecule has 2 rings (SSSR count). The minimum Gasteiger partial charge on any atom is -0.476 e. The first-order valence-corrected chi connectivity index (χ1v) is 5.31. The molecule has 0 bridgehead atoms. The van der Waals surface area contributed by atoms with Gasteiger partial charge in [0.05, 0.1) is 0 Å². The van der Waals surface area contributed by atoms with Gasteiger partial charge in [-0.1, -0.05) is 17.2 Å². The topological polar surface area (TPSA) is 63.1 Å². The van der Waals surface area contributed by atoms with Crippen LogP contribution in [0.1, 0.15) is 21.6 Å². The van der Waals surface area contributed by atoms with E-state index in [4.69, 9.17) is 5.11 Å². The van der Waals surface area contributed by atoms with E-state index < -0.39 is 17.5 Å². The maximum atomic E-state index is 14.0. The lowest BCUT2D eigenvalue weighted by Gasteiger charge is -2.06. The van der Waals surface area contributed by atoms with Crippen LogP contribution in [-0.4, -0.2) is 21.0 Å². The summed E-state index contributed by atoms with van der Waals surface area (Å²) in [5.41, 5.74) is 1.86. The minimum atomic E-state index is -1.40. The highest BCUT2D eigenvalue weighted by atomic mass is 19.1. The maximum absolute atomic E-state index is 14.0. The van der Waals surface area contributed by atoms with Crippen molar-refractivity contribution >= 4 is 5.97 Å². The van der Waals surface area contributed by atoms with Crippen molar-refractivity contribution in [2.24, 2.45) is 0 Å². The molecule has 0 fully saturated rings. The fourth-order valence-electron chi connectivity index (χ4n) is 1.83. The molecular weight excluding hydrogens is 235 g/mol. The van der Waals surface area contributed by atoms with Crippen LogP contribution in [0.5, 0.6) is 0 Å². The van der Waals surface area contributed by atoms with Crippen molar-refractivity contribution in [2.45, 2.75) is 13.8 Å². The molecule has 0 saturated heterocycles. The third kappa shape index (κ3) is 2.20. The molecule has 0 unspecified atom stereocenters. The summed E-state index contributed by atoms with van der Waals surface area (Å²) in [6.07, 6.45) is 1.06. The van der Waals surface area contributed by atoms with Crippen LogP contribution in [0.3, 0.4) is 0 Å². The lowest BCUT2D eigenvalue weighted by molar-refractivity contribution is 0.0684. The van der Waals surface area contributed by atoms with E-state index in [1.165, 1.54) is 0 Å². The van der Waals surface area contributed by atoms with Gasteiger partial charge < -0.3 is 5.11 Å². The summed E-state index contributed by atoms with van der Waals surface area (Å²) in [5, 5.41) is 8.82. The van der Waals surface area contributed by atoms with Crippen LogP contribution in [0.25, 0.3) is 11.3 Å². The molecular formula is C13H11FN2O2. The van der Waals surface area contributed by atoms with Crippen LogP contribution in [0.4, 0.5) is 4.39 Å². The van der Waals surface area contributed by atoms with E-state index in [2.05, 4.69) is 9.97 Å². The van der Waals surface area contributed by atoms with E-state index in [-0.39, 0.29) is 5.69 Å². The second-order valence-corrected chi connectivity index (χ2v) is 4.07. The number of nitrogens with zero attached hydrogens (tertiary/aromatic N) is 2. The van der Waals surface area contributed by atoms with Crippen molar-refractivity contribution in [1.29, 1.82) is 0 Å². The number of halogens is 1. The van der Waals surface area contributed by atoms with Crippen LogP contribution < -0.4 is 0 Å². The van der Waals surface area contributed by atoms with Crippen LogP contribution in [0, 0.1) is 19.7 Å². The summed E-state index contributed by atoms with van der Waals surface area (Å²) in [6, 6.07) is 5.45. The van der Waals surface area contributed by atoms with Crippen LogP contribution in [-0.2, 0) is 0 Å². The predicted molar refractivity (Wildman–Crippen MR) is 63.9 cm³/mol. The Morgan fingerprint density at radius 1 is 1.17 bits per heavy atom. The zero-order chi connectivity index (χ0) is 13.3. The van der Waals surface area contributed by atoms with Gasteiger partial charge in [-0.3, -0.25) is 0 Å². The number of aromatic carboxylic acids is 1. The van der Waals surface area contributed by atoms with E-state index in [1.807, 2.05) is 19.9 Å². The molecule has 1 aromatic heterocycles. The maximum Gasteiger partial charge on any atom is 0.357 e. The Labute approximate surface area is 103 Å². The number of carboxylic acids is 1. The van der Waals surface area contributed by atoms with E-state index >= 15 is 0 Å². The third-order valence-corrected chi connectivity index (χ3v) is 2.49. The molecule has 1 aromatic carbocycles. The van der Waals surface area contributed by atoms with Crippen molar-refractivity contribution < 1.29 is 14.3 Å². The zero-order valence-corrected chi connectivity index (χ0v) is 9.94. The SMILES string of the molecule is Cc1cc(C)cc(-c2ncnc(C(=O)O)c2F)c1. The fraction of sp³-hybridized carbons (Fsp3) is 0.154. The van der Waals surface area contributed by atoms with Crippen molar-refractivity contribution in [3.63, 3.8) is 0 Å². The van der Waals surface area contributed by atoms with Gasteiger partial charge in [0.2, 0.25) is 0 Å². The highest BCUT2D eigenvalue weighted by Gasteiger charge is 2.18. The molecule has 1 N–H and O–H groups in total. The molecule has 1 heterocycles. The van der Waals surface area contributed by atoms with Crippen molar-refractivity contribution in [1.82, 2.24) is 9.97 Å². The summed E-state index contributed by atoms with van der Waals surface area (Å²) in [5.74, 6) is -2.31. The second-order valence-electron chi connectivity index (χ2n) is 4.07. The van der Waals surface area contributed by atoms with Gasteiger partial charge in [0.25, 0.3) is 0 Å². The first-order valence-electron chi connectivity index (χ1n) is 5.31. The molecule has 5 heteroatoms. The molecule has 0 aliphatic rings. The Morgan fingerprint density at radius 2 is 1.78 bits per heavy atom. The monoisotopic (exact) mass is 246 g/mol. The number of hydrogen-bond donors (Lipinski definition) is 1. The van der Waals surface area contributed by atoms with Gasteiger partial charge in [0, 0.05) is 5.56 Å². The van der Waals surface area contributed by atoms with E-state index in [0.29, 0.717) is 5.56 Å². The average Bonchev–Trinajstić information content (AvgIpc) is 2.27. The number of hydrogen-bond acceptors (Lipinski definition) is 3. The van der Waals surface area contributed by atoms with Gasteiger partial charge in [-0.2, -0.15) is 0 Å². The molecule has 4 nitrogen and oxygen atoms in total. The molecule has 0 saturated carbocycles. The molecule has 0 aliphatic heterocycles. The molecule has 2 aromatic rings. The predicted octanol–water partition coefficient (Wildman–Crippen LogP) is 2.60. The lowest BCUT2D eigenvalue weighted by atomic mass is 10.0. The van der Waals surface area contributed by atoms with Crippen molar-refractivity contribution in [3.05, 3.63) is 47.2 Å². The number of rotatable bonds is 2. The number of aromatic nitrogens is 2. The molecule has 0 atom stereocenters. The highest BCUT2D eigenvalue weighted by Crippen LogP contribution is 2.23. The summed E-state index contributed by atoms with van der Waals surface area (Å²) in [7, 11) is 0. The minimum absolute atomic E-state index is 0.00852. The van der Waals surface area contributed by atoms with Crippen molar-refractivity contribution in [3.8, 4) is 11.3 Å². The van der Waals surface area contributed by atoms with Gasteiger partial charge in [0.1, 0.15) is 12.0 Å². The zero-order valence-electron chi connectivity index (χ0n) is 9.94. The molecule has 0 amide bonds. The van der Waals surface area contributed by atoms with E-state index in [9.17, 15) is 9.18 Å². The largest absolute Gasteiger partial charge is 0.476 e. The Kier molecular flexibility index (Phi) is 3.06. The molecule has 0 aliphatic carbocycles. The van der Waals surface area contributed by atoms with Gasteiger partial charge in [-0.25, -0.2) is 19.2 Å². The Balaban J connectivity index is 2.64. The van der Waals surface area contributed by atoms with Gasteiger partial charge in [0.15, 0.2) is 11.5 Å². The number of carboxylic acid groups (broad SMARTS) is 1.